The number of hydrogen-bond acceptors (Lipinski definition) is 4. The lowest BCUT2D eigenvalue weighted by Crippen LogP contribution is -2.47. The van der Waals surface area contributed by atoms with Crippen LogP contribution in [0.5, 0.6) is 17.2 Å². The van der Waals surface area contributed by atoms with E-state index in [2.05, 4.69) is 0 Å². The Morgan fingerprint density at radius 1 is 1.24 bits per heavy atom. The topological polar surface area (TPSA) is 70.8 Å². The van der Waals surface area contributed by atoms with E-state index in [9.17, 15) is 9.18 Å². The van der Waals surface area contributed by atoms with Gasteiger partial charge in [0.15, 0.2) is 11.5 Å². The predicted molar refractivity (Wildman–Crippen MR) is 108 cm³/mol. The Bertz CT molecular complexity index is 981. The number of primary amides is 1. The molecule has 6 heteroatoms. The summed E-state index contributed by atoms with van der Waals surface area (Å²) in [6, 6.07) is 10.0. The molecule has 1 spiro atoms. The number of allylic oxidation sites excluding steroid dienone is 1. The number of para-hydroxylation sites is 1. The number of ether oxygens (including phenoxy) is 3. The first-order valence-electron chi connectivity index (χ1n) is 9.67. The minimum atomic E-state index is -0.572. The molecule has 1 aliphatic heterocycles. The number of hydrogen-bond donors (Lipinski definition) is 1. The van der Waals surface area contributed by atoms with Crippen LogP contribution in [0.25, 0.3) is 5.57 Å². The van der Waals surface area contributed by atoms with Crippen molar-refractivity contribution in [3.05, 3.63) is 59.4 Å². The van der Waals surface area contributed by atoms with Gasteiger partial charge in [0.2, 0.25) is 5.91 Å². The fourth-order valence-corrected chi connectivity index (χ4v) is 4.43. The van der Waals surface area contributed by atoms with E-state index >= 15 is 0 Å². The summed E-state index contributed by atoms with van der Waals surface area (Å²) in [5.41, 5.74) is 7.36. The van der Waals surface area contributed by atoms with Gasteiger partial charge in [-0.2, -0.15) is 0 Å². The molecule has 0 bridgehead atoms. The number of methoxy groups -OCH3 is 2. The van der Waals surface area contributed by atoms with Gasteiger partial charge in [-0.3, -0.25) is 4.79 Å². The average Bonchev–Trinajstić information content (AvgIpc) is 2.69. The van der Waals surface area contributed by atoms with Crippen LogP contribution in [0.1, 0.15) is 42.7 Å². The molecule has 1 heterocycles. The lowest BCUT2D eigenvalue weighted by molar-refractivity contribution is -0.113. The summed E-state index contributed by atoms with van der Waals surface area (Å²) < 4.78 is 31.4. The zero-order valence-corrected chi connectivity index (χ0v) is 16.5. The molecule has 29 heavy (non-hydrogen) atoms. The summed E-state index contributed by atoms with van der Waals surface area (Å²) in [6.07, 6.45) is 5.00. The van der Waals surface area contributed by atoms with Crippen LogP contribution in [0.15, 0.2) is 42.5 Å². The second-order valence-corrected chi connectivity index (χ2v) is 7.62. The molecule has 1 unspecified atom stereocenters. The van der Waals surface area contributed by atoms with Crippen molar-refractivity contribution in [1.82, 2.24) is 0 Å². The fraction of sp³-hybridized carbons (Fsp3) is 0.348. The van der Waals surface area contributed by atoms with Gasteiger partial charge in [-0.1, -0.05) is 12.1 Å². The van der Waals surface area contributed by atoms with Gasteiger partial charge >= 0.3 is 0 Å². The number of nitrogens with two attached hydrogens (primary N) is 1. The molecule has 0 radical (unpaired) electrons. The first kappa shape index (κ1) is 19.3. The van der Waals surface area contributed by atoms with E-state index in [1.165, 1.54) is 18.2 Å². The zero-order valence-electron chi connectivity index (χ0n) is 16.5. The first-order chi connectivity index (χ1) is 14.0. The van der Waals surface area contributed by atoms with Crippen molar-refractivity contribution in [2.24, 2.45) is 5.73 Å². The maximum absolute atomic E-state index is 14.1. The lowest BCUT2D eigenvalue weighted by atomic mass is 9.68. The number of amides is 1. The third-order valence-corrected chi connectivity index (χ3v) is 5.90. The van der Waals surface area contributed by atoms with Crippen LogP contribution in [-0.4, -0.2) is 25.7 Å². The number of benzene rings is 2. The van der Waals surface area contributed by atoms with Crippen molar-refractivity contribution in [2.45, 2.75) is 37.2 Å². The van der Waals surface area contributed by atoms with E-state index in [0.29, 0.717) is 40.4 Å². The molecule has 1 atom stereocenters. The molecule has 4 rings (SSSR count). The van der Waals surface area contributed by atoms with Gasteiger partial charge in [0.1, 0.15) is 17.2 Å². The molecule has 152 valence electrons. The molecular formula is C23H24FNO4. The minimum absolute atomic E-state index is 0.261. The number of carbonyl (C=O) groups is 1. The Morgan fingerprint density at radius 2 is 2.03 bits per heavy atom. The number of fused-ring (bicyclic) bond motifs is 1. The SMILES string of the molecule is COc1cccc(/C(=C/C(N)=O)C2CC3(CCC3)Oc3ccc(F)cc32)c1OC. The van der Waals surface area contributed by atoms with Gasteiger partial charge in [0.25, 0.3) is 0 Å². The highest BCUT2D eigenvalue weighted by Gasteiger charge is 2.47. The van der Waals surface area contributed by atoms with Gasteiger partial charge in [-0.25, -0.2) is 4.39 Å². The van der Waals surface area contributed by atoms with Crippen molar-refractivity contribution in [1.29, 1.82) is 0 Å². The highest BCUT2D eigenvalue weighted by atomic mass is 19.1. The smallest absolute Gasteiger partial charge is 0.241 e. The largest absolute Gasteiger partial charge is 0.493 e. The quantitative estimate of drug-likeness (QED) is 0.768. The highest BCUT2D eigenvalue weighted by Crippen LogP contribution is 2.54. The van der Waals surface area contributed by atoms with E-state index in [4.69, 9.17) is 19.9 Å². The molecule has 1 saturated carbocycles. The molecule has 1 fully saturated rings. The van der Waals surface area contributed by atoms with Crippen LogP contribution in [0.4, 0.5) is 4.39 Å². The molecular weight excluding hydrogens is 373 g/mol. The number of halogens is 1. The van der Waals surface area contributed by atoms with Gasteiger partial charge in [0, 0.05) is 23.1 Å². The van der Waals surface area contributed by atoms with E-state index in [-0.39, 0.29) is 17.3 Å². The molecule has 0 saturated heterocycles. The van der Waals surface area contributed by atoms with Crippen LogP contribution < -0.4 is 19.9 Å². The Hall–Kier alpha value is -3.02. The Labute approximate surface area is 169 Å². The molecule has 1 aliphatic carbocycles. The number of carbonyl (C=O) groups excluding carboxylic acids is 1. The van der Waals surface area contributed by atoms with Crippen LogP contribution in [0.3, 0.4) is 0 Å². The van der Waals surface area contributed by atoms with E-state index in [1.54, 1.807) is 26.4 Å². The van der Waals surface area contributed by atoms with Crippen molar-refractivity contribution in [2.75, 3.05) is 14.2 Å². The summed E-state index contributed by atoms with van der Waals surface area (Å²) in [5.74, 6) is 0.526. The van der Waals surface area contributed by atoms with Crippen molar-refractivity contribution >= 4 is 11.5 Å². The monoisotopic (exact) mass is 397 g/mol. The maximum atomic E-state index is 14.1. The summed E-state index contributed by atoms with van der Waals surface area (Å²) in [5, 5.41) is 0. The lowest BCUT2D eigenvalue weighted by Gasteiger charge is -2.48. The minimum Gasteiger partial charge on any atom is -0.493 e. The second-order valence-electron chi connectivity index (χ2n) is 7.62. The van der Waals surface area contributed by atoms with E-state index in [0.717, 1.165) is 19.3 Å². The summed E-state index contributed by atoms with van der Waals surface area (Å²) in [6.45, 7) is 0. The first-order valence-corrected chi connectivity index (χ1v) is 9.67. The Morgan fingerprint density at radius 3 is 2.66 bits per heavy atom. The second kappa shape index (κ2) is 7.43. The average molecular weight is 397 g/mol. The van der Waals surface area contributed by atoms with Gasteiger partial charge in [-0.05, 0) is 55.5 Å². The molecule has 0 aromatic heterocycles. The van der Waals surface area contributed by atoms with Gasteiger partial charge in [0.05, 0.1) is 14.2 Å². The number of rotatable bonds is 5. The molecule has 2 aromatic carbocycles. The van der Waals surface area contributed by atoms with Crippen molar-refractivity contribution in [3.63, 3.8) is 0 Å². The van der Waals surface area contributed by atoms with Crippen LogP contribution in [0, 0.1) is 5.82 Å². The molecule has 2 aliphatic rings. The Kier molecular flexibility index (Phi) is 4.94. The van der Waals surface area contributed by atoms with Crippen LogP contribution in [-0.2, 0) is 4.79 Å². The summed E-state index contributed by atoms with van der Waals surface area (Å²) in [4.78, 5) is 12.0. The molecule has 2 aromatic rings. The zero-order chi connectivity index (χ0) is 20.6. The molecule has 2 N–H and O–H groups in total. The summed E-state index contributed by atoms with van der Waals surface area (Å²) in [7, 11) is 3.11. The summed E-state index contributed by atoms with van der Waals surface area (Å²) >= 11 is 0. The fourth-order valence-electron chi connectivity index (χ4n) is 4.43. The highest BCUT2D eigenvalue weighted by molar-refractivity contribution is 5.96. The maximum Gasteiger partial charge on any atom is 0.241 e. The third kappa shape index (κ3) is 3.43. The third-order valence-electron chi connectivity index (χ3n) is 5.90. The standard InChI is InChI=1S/C23H24FNO4/c1-27-20-6-3-5-15(22(20)28-2)16(12-21(25)26)18-13-23(9-4-10-23)29-19-8-7-14(24)11-17(18)19/h3,5-8,11-12,18H,4,9-10,13H2,1-2H3,(H2,25,26)/b16-12-. The molecule has 5 nitrogen and oxygen atoms in total. The van der Waals surface area contributed by atoms with E-state index in [1.807, 2.05) is 12.1 Å². The van der Waals surface area contributed by atoms with Crippen molar-refractivity contribution in [3.8, 4) is 17.2 Å². The molecule has 1 amide bonds. The van der Waals surface area contributed by atoms with Crippen LogP contribution >= 0.6 is 0 Å². The van der Waals surface area contributed by atoms with Crippen LogP contribution in [0.2, 0.25) is 0 Å². The van der Waals surface area contributed by atoms with Crippen molar-refractivity contribution < 1.29 is 23.4 Å². The predicted octanol–water partition coefficient (Wildman–Crippen LogP) is 4.20. The van der Waals surface area contributed by atoms with Gasteiger partial charge < -0.3 is 19.9 Å². The van der Waals surface area contributed by atoms with Gasteiger partial charge in [-0.15, -0.1) is 0 Å². The normalized spacial score (nSPS) is 19.7. The van der Waals surface area contributed by atoms with E-state index < -0.39 is 5.91 Å². The Balaban J connectivity index is 1.91.